The van der Waals surface area contributed by atoms with Crippen molar-refractivity contribution >= 4 is 11.6 Å². The second-order valence-corrected chi connectivity index (χ2v) is 4.58. The van der Waals surface area contributed by atoms with E-state index in [4.69, 9.17) is 21.9 Å². The van der Waals surface area contributed by atoms with Gasteiger partial charge in [-0.25, -0.2) is 0 Å². The van der Waals surface area contributed by atoms with E-state index in [1.54, 1.807) is 0 Å². The van der Waals surface area contributed by atoms with Crippen LogP contribution in [0.2, 0.25) is 5.02 Å². The Labute approximate surface area is 105 Å². The van der Waals surface area contributed by atoms with E-state index in [1.165, 1.54) is 0 Å². The normalized spacial score (nSPS) is 11.1. The number of hydrogen-bond acceptors (Lipinski definition) is 4. The maximum atomic E-state index is 6.07. The Morgan fingerprint density at radius 2 is 2.12 bits per heavy atom. The Morgan fingerprint density at radius 1 is 1.35 bits per heavy atom. The van der Waals surface area contributed by atoms with Crippen LogP contribution in [-0.2, 0) is 6.54 Å². The van der Waals surface area contributed by atoms with Gasteiger partial charge in [0, 0.05) is 10.6 Å². The maximum Gasteiger partial charge on any atom is 0.240 e. The molecule has 0 amide bonds. The van der Waals surface area contributed by atoms with Crippen molar-refractivity contribution < 1.29 is 4.52 Å². The third kappa shape index (κ3) is 2.65. The van der Waals surface area contributed by atoms with Gasteiger partial charge in [0.25, 0.3) is 0 Å². The van der Waals surface area contributed by atoms with Crippen molar-refractivity contribution in [3.63, 3.8) is 0 Å². The number of aromatic nitrogens is 2. The zero-order valence-corrected chi connectivity index (χ0v) is 10.5. The van der Waals surface area contributed by atoms with Crippen LogP contribution in [0.4, 0.5) is 0 Å². The molecule has 2 N–H and O–H groups in total. The Balaban J connectivity index is 2.44. The molecular weight excluding hydrogens is 238 g/mol. The first kappa shape index (κ1) is 12.1. The summed E-state index contributed by atoms with van der Waals surface area (Å²) in [7, 11) is 0. The summed E-state index contributed by atoms with van der Waals surface area (Å²) in [6, 6.07) is 5.78. The van der Waals surface area contributed by atoms with Crippen LogP contribution in [0.5, 0.6) is 0 Å². The second kappa shape index (κ2) is 4.85. The third-order valence-electron chi connectivity index (χ3n) is 2.49. The summed E-state index contributed by atoms with van der Waals surface area (Å²) < 4.78 is 4.98. The van der Waals surface area contributed by atoms with Crippen LogP contribution >= 0.6 is 11.6 Å². The van der Waals surface area contributed by atoms with Gasteiger partial charge in [-0.2, -0.15) is 4.98 Å². The molecule has 0 bridgehead atoms. The summed E-state index contributed by atoms with van der Waals surface area (Å²) in [6.07, 6.45) is 0. The topological polar surface area (TPSA) is 64.9 Å². The Bertz CT molecular complexity index is 522. The summed E-state index contributed by atoms with van der Waals surface area (Å²) in [5.74, 6) is 1.34. The summed E-state index contributed by atoms with van der Waals surface area (Å²) in [5.41, 5.74) is 7.42. The summed E-state index contributed by atoms with van der Waals surface area (Å²) in [4.78, 5) is 4.18. The van der Waals surface area contributed by atoms with Gasteiger partial charge in [-0.15, -0.1) is 0 Å². The molecule has 1 aromatic carbocycles. The first-order valence-electron chi connectivity index (χ1n) is 5.43. The highest BCUT2D eigenvalue weighted by Gasteiger charge is 2.10. The van der Waals surface area contributed by atoms with E-state index in [1.807, 2.05) is 18.2 Å². The fourth-order valence-electron chi connectivity index (χ4n) is 1.53. The average molecular weight is 252 g/mol. The summed E-state index contributed by atoms with van der Waals surface area (Å²) >= 11 is 6.07. The lowest BCUT2D eigenvalue weighted by Gasteiger charge is -2.07. The molecule has 0 saturated heterocycles. The molecule has 0 aliphatic rings. The van der Waals surface area contributed by atoms with Crippen LogP contribution in [0.15, 0.2) is 22.7 Å². The molecule has 90 valence electrons. The van der Waals surface area contributed by atoms with Gasteiger partial charge in [-0.1, -0.05) is 30.6 Å². The Kier molecular flexibility index (Phi) is 3.45. The smallest absolute Gasteiger partial charge is 0.240 e. The van der Waals surface area contributed by atoms with Crippen molar-refractivity contribution in [3.05, 3.63) is 34.7 Å². The van der Waals surface area contributed by atoms with Crippen molar-refractivity contribution in [3.8, 4) is 11.4 Å². The van der Waals surface area contributed by atoms with E-state index >= 15 is 0 Å². The molecule has 2 aromatic rings. The highest BCUT2D eigenvalue weighted by Crippen LogP contribution is 2.26. The van der Waals surface area contributed by atoms with Crippen molar-refractivity contribution in [2.75, 3.05) is 0 Å². The number of benzene rings is 1. The van der Waals surface area contributed by atoms with Crippen LogP contribution in [0.25, 0.3) is 11.4 Å². The predicted molar refractivity (Wildman–Crippen MR) is 66.7 cm³/mol. The van der Waals surface area contributed by atoms with Gasteiger partial charge in [0.15, 0.2) is 0 Å². The largest absolute Gasteiger partial charge is 0.338 e. The first-order valence-corrected chi connectivity index (χ1v) is 5.81. The van der Waals surface area contributed by atoms with E-state index in [0.29, 0.717) is 22.7 Å². The average Bonchev–Trinajstić information content (AvgIpc) is 2.76. The zero-order chi connectivity index (χ0) is 12.4. The molecule has 0 atom stereocenters. The van der Waals surface area contributed by atoms with Gasteiger partial charge in [-0.3, -0.25) is 0 Å². The Morgan fingerprint density at radius 3 is 2.71 bits per heavy atom. The molecular formula is C12H14ClN3O. The monoisotopic (exact) mass is 251 g/mol. The highest BCUT2D eigenvalue weighted by atomic mass is 35.5. The summed E-state index contributed by atoms with van der Waals surface area (Å²) in [5, 5.41) is 4.55. The minimum absolute atomic E-state index is 0.241. The number of nitrogens with two attached hydrogens (primary N) is 1. The van der Waals surface area contributed by atoms with Crippen LogP contribution in [0.3, 0.4) is 0 Å². The molecule has 0 aliphatic heterocycles. The van der Waals surface area contributed by atoms with Crippen molar-refractivity contribution in [1.29, 1.82) is 0 Å². The van der Waals surface area contributed by atoms with Gasteiger partial charge < -0.3 is 10.3 Å². The van der Waals surface area contributed by atoms with E-state index in [2.05, 4.69) is 24.0 Å². The molecule has 0 radical (unpaired) electrons. The number of hydrogen-bond donors (Lipinski definition) is 1. The molecule has 4 nitrogen and oxygen atoms in total. The number of nitrogens with zero attached hydrogens (tertiary/aromatic N) is 2. The lowest BCUT2D eigenvalue weighted by Crippen LogP contribution is -1.95. The molecule has 2 rings (SSSR count). The van der Waals surface area contributed by atoms with Crippen molar-refractivity contribution in [1.82, 2.24) is 10.1 Å². The van der Waals surface area contributed by atoms with Gasteiger partial charge in [0.2, 0.25) is 11.7 Å². The molecule has 0 fully saturated rings. The summed E-state index contributed by atoms with van der Waals surface area (Å²) in [6.45, 7) is 4.46. The number of rotatable bonds is 3. The van der Waals surface area contributed by atoms with Crippen LogP contribution in [0.1, 0.15) is 31.2 Å². The van der Waals surface area contributed by atoms with E-state index in [0.717, 1.165) is 11.1 Å². The zero-order valence-electron chi connectivity index (χ0n) is 9.77. The molecule has 5 heteroatoms. The van der Waals surface area contributed by atoms with Crippen molar-refractivity contribution in [2.45, 2.75) is 26.3 Å². The van der Waals surface area contributed by atoms with Gasteiger partial charge in [0.05, 0.1) is 6.54 Å². The minimum Gasteiger partial charge on any atom is -0.338 e. The molecule has 17 heavy (non-hydrogen) atoms. The second-order valence-electron chi connectivity index (χ2n) is 4.14. The fraction of sp³-hybridized carbons (Fsp3) is 0.333. The van der Waals surface area contributed by atoms with E-state index < -0.39 is 0 Å². The minimum atomic E-state index is 0.241. The molecule has 0 unspecified atom stereocenters. The molecule has 1 aromatic heterocycles. The number of halogens is 1. The third-order valence-corrected chi connectivity index (χ3v) is 2.71. The van der Waals surface area contributed by atoms with Gasteiger partial charge in [0.1, 0.15) is 0 Å². The standard InChI is InChI=1S/C12H14ClN3O/c1-7(2)8-3-9(5-10(13)4-8)12-15-11(6-14)17-16-12/h3-5,7H,6,14H2,1-2H3. The van der Waals surface area contributed by atoms with Gasteiger partial charge in [-0.05, 0) is 29.7 Å². The quantitative estimate of drug-likeness (QED) is 0.911. The molecule has 0 spiro atoms. The SMILES string of the molecule is CC(C)c1cc(Cl)cc(-c2noc(CN)n2)c1. The fourth-order valence-corrected chi connectivity index (χ4v) is 1.77. The lowest BCUT2D eigenvalue weighted by molar-refractivity contribution is 0.380. The first-order chi connectivity index (χ1) is 8.10. The highest BCUT2D eigenvalue weighted by molar-refractivity contribution is 6.30. The van der Waals surface area contributed by atoms with Crippen LogP contribution in [-0.4, -0.2) is 10.1 Å². The van der Waals surface area contributed by atoms with Gasteiger partial charge >= 0.3 is 0 Å². The molecule has 0 saturated carbocycles. The predicted octanol–water partition coefficient (Wildman–Crippen LogP) is 2.97. The Hall–Kier alpha value is -1.39. The molecule has 0 aliphatic carbocycles. The lowest BCUT2D eigenvalue weighted by atomic mass is 10.0. The van der Waals surface area contributed by atoms with Crippen LogP contribution in [0, 0.1) is 0 Å². The van der Waals surface area contributed by atoms with Crippen LogP contribution < -0.4 is 5.73 Å². The van der Waals surface area contributed by atoms with Crippen molar-refractivity contribution in [2.24, 2.45) is 5.73 Å². The maximum absolute atomic E-state index is 6.07. The van der Waals surface area contributed by atoms with E-state index in [9.17, 15) is 0 Å². The molecule has 1 heterocycles. The van der Waals surface area contributed by atoms with E-state index in [-0.39, 0.29) is 6.54 Å².